The second-order valence-electron chi connectivity index (χ2n) is 4.18. The molecule has 4 nitrogen and oxygen atoms in total. The van der Waals surface area contributed by atoms with Gasteiger partial charge in [-0.1, -0.05) is 29.8 Å². The van der Waals surface area contributed by atoms with Gasteiger partial charge in [0.05, 0.1) is 11.3 Å². The first-order valence-corrected chi connectivity index (χ1v) is 6.31. The first-order chi connectivity index (χ1) is 9.61. The van der Waals surface area contributed by atoms with Crippen LogP contribution in [0.15, 0.2) is 42.5 Å². The van der Waals surface area contributed by atoms with Crippen molar-refractivity contribution in [2.75, 3.05) is 5.32 Å². The summed E-state index contributed by atoms with van der Waals surface area (Å²) in [5, 5.41) is 12.6. The number of hydrogen-bond donors (Lipinski definition) is 2. The Hall–Kier alpha value is -2.51. The SMILES string of the molecule is N#Cc1ccccc1NCc1ccc(C(N)=O)cc1Cl. The van der Waals surface area contributed by atoms with Gasteiger partial charge in [0.2, 0.25) is 5.91 Å². The second-order valence-corrected chi connectivity index (χ2v) is 4.59. The molecule has 3 N–H and O–H groups in total. The Morgan fingerprint density at radius 3 is 2.70 bits per heavy atom. The molecule has 100 valence electrons. The van der Waals surface area contributed by atoms with Gasteiger partial charge in [-0.15, -0.1) is 0 Å². The van der Waals surface area contributed by atoms with Crippen molar-refractivity contribution in [3.8, 4) is 6.07 Å². The predicted molar refractivity (Wildman–Crippen MR) is 78.5 cm³/mol. The number of nitriles is 1. The summed E-state index contributed by atoms with van der Waals surface area (Å²) < 4.78 is 0. The lowest BCUT2D eigenvalue weighted by molar-refractivity contribution is 0.100. The lowest BCUT2D eigenvalue weighted by Gasteiger charge is -2.10. The van der Waals surface area contributed by atoms with Crippen LogP contribution in [-0.2, 0) is 6.54 Å². The van der Waals surface area contributed by atoms with Crippen molar-refractivity contribution < 1.29 is 4.79 Å². The van der Waals surface area contributed by atoms with Gasteiger partial charge in [0.1, 0.15) is 6.07 Å². The molecule has 0 saturated carbocycles. The number of primary amides is 1. The largest absolute Gasteiger partial charge is 0.380 e. The molecular formula is C15H12ClN3O. The summed E-state index contributed by atoms with van der Waals surface area (Å²) in [7, 11) is 0. The lowest BCUT2D eigenvalue weighted by atomic mass is 10.1. The summed E-state index contributed by atoms with van der Waals surface area (Å²) in [6, 6.07) is 14.2. The fourth-order valence-electron chi connectivity index (χ4n) is 1.77. The van der Waals surface area contributed by atoms with E-state index in [0.29, 0.717) is 22.7 Å². The monoisotopic (exact) mass is 285 g/mol. The second kappa shape index (κ2) is 6.09. The van der Waals surface area contributed by atoms with Crippen LogP contribution in [0.2, 0.25) is 5.02 Å². The Balaban J connectivity index is 2.16. The van der Waals surface area contributed by atoms with Gasteiger partial charge in [0.15, 0.2) is 0 Å². The molecule has 0 bridgehead atoms. The molecule has 0 atom stereocenters. The lowest BCUT2D eigenvalue weighted by Crippen LogP contribution is -2.11. The van der Waals surface area contributed by atoms with E-state index < -0.39 is 5.91 Å². The fourth-order valence-corrected chi connectivity index (χ4v) is 2.02. The minimum Gasteiger partial charge on any atom is -0.380 e. The zero-order valence-electron chi connectivity index (χ0n) is 10.6. The minimum absolute atomic E-state index is 0.371. The van der Waals surface area contributed by atoms with Crippen molar-refractivity contribution in [2.24, 2.45) is 5.73 Å². The number of carbonyl (C=O) groups excluding carboxylic acids is 1. The molecule has 0 spiro atoms. The first-order valence-electron chi connectivity index (χ1n) is 5.93. The van der Waals surface area contributed by atoms with Crippen molar-refractivity contribution in [3.05, 3.63) is 64.2 Å². The molecule has 0 aliphatic heterocycles. The van der Waals surface area contributed by atoms with Crippen LogP contribution in [0.1, 0.15) is 21.5 Å². The van der Waals surface area contributed by atoms with E-state index in [9.17, 15) is 4.79 Å². The normalized spacial score (nSPS) is 9.80. The Morgan fingerprint density at radius 2 is 2.05 bits per heavy atom. The average molecular weight is 286 g/mol. The Bertz CT molecular complexity index is 692. The molecule has 0 radical (unpaired) electrons. The summed E-state index contributed by atoms with van der Waals surface area (Å²) in [5.41, 5.74) is 7.69. The third kappa shape index (κ3) is 3.08. The van der Waals surface area contributed by atoms with Gasteiger partial charge < -0.3 is 11.1 Å². The van der Waals surface area contributed by atoms with Crippen molar-refractivity contribution in [3.63, 3.8) is 0 Å². The highest BCUT2D eigenvalue weighted by Crippen LogP contribution is 2.20. The van der Waals surface area contributed by atoms with Gasteiger partial charge in [-0.05, 0) is 29.8 Å². The van der Waals surface area contributed by atoms with Gasteiger partial charge in [-0.2, -0.15) is 5.26 Å². The number of amides is 1. The number of nitrogens with one attached hydrogen (secondary N) is 1. The van der Waals surface area contributed by atoms with E-state index in [0.717, 1.165) is 11.3 Å². The molecule has 0 aliphatic carbocycles. The summed E-state index contributed by atoms with van der Waals surface area (Å²) in [4.78, 5) is 11.0. The van der Waals surface area contributed by atoms with Crippen LogP contribution in [0.5, 0.6) is 0 Å². The maximum Gasteiger partial charge on any atom is 0.248 e. The summed E-state index contributed by atoms with van der Waals surface area (Å²) in [5.74, 6) is -0.513. The zero-order valence-corrected chi connectivity index (χ0v) is 11.3. The molecule has 2 aromatic carbocycles. The van der Waals surface area contributed by atoms with E-state index in [2.05, 4.69) is 11.4 Å². The van der Waals surface area contributed by atoms with Crippen molar-refractivity contribution in [1.29, 1.82) is 5.26 Å². The standard InChI is InChI=1S/C15H12ClN3O/c16-13-7-10(15(18)20)5-6-12(13)9-19-14-4-2-1-3-11(14)8-17/h1-7,19H,9H2,(H2,18,20). The van der Waals surface area contributed by atoms with Crippen LogP contribution in [0, 0.1) is 11.3 Å². The van der Waals surface area contributed by atoms with Gasteiger partial charge in [0.25, 0.3) is 0 Å². The van der Waals surface area contributed by atoms with E-state index >= 15 is 0 Å². The number of halogens is 1. The molecule has 0 unspecified atom stereocenters. The number of hydrogen-bond acceptors (Lipinski definition) is 3. The summed E-state index contributed by atoms with van der Waals surface area (Å²) in [6.45, 7) is 0.455. The molecule has 0 fully saturated rings. The van der Waals surface area contributed by atoms with Crippen molar-refractivity contribution in [2.45, 2.75) is 6.54 Å². The van der Waals surface area contributed by atoms with Crippen LogP contribution in [0.4, 0.5) is 5.69 Å². The number of nitrogens with zero attached hydrogens (tertiary/aromatic N) is 1. The average Bonchev–Trinajstić information content (AvgIpc) is 2.46. The van der Waals surface area contributed by atoms with Gasteiger partial charge in [-0.25, -0.2) is 0 Å². The van der Waals surface area contributed by atoms with E-state index in [1.807, 2.05) is 12.1 Å². The molecule has 1 amide bonds. The van der Waals surface area contributed by atoms with Gasteiger partial charge in [-0.3, -0.25) is 4.79 Å². The number of carbonyl (C=O) groups is 1. The van der Waals surface area contributed by atoms with Crippen LogP contribution in [0.3, 0.4) is 0 Å². The van der Waals surface area contributed by atoms with Gasteiger partial charge in [0, 0.05) is 17.1 Å². The minimum atomic E-state index is -0.513. The molecular weight excluding hydrogens is 274 g/mol. The van der Waals surface area contributed by atoms with E-state index in [-0.39, 0.29) is 0 Å². The van der Waals surface area contributed by atoms with Gasteiger partial charge >= 0.3 is 0 Å². The number of para-hydroxylation sites is 1. The molecule has 0 heterocycles. The first kappa shape index (κ1) is 13.9. The molecule has 0 saturated heterocycles. The molecule has 0 aliphatic rings. The Labute approximate surface area is 121 Å². The zero-order chi connectivity index (χ0) is 14.5. The number of nitrogens with two attached hydrogens (primary N) is 1. The highest BCUT2D eigenvalue weighted by molar-refractivity contribution is 6.31. The number of benzene rings is 2. The molecule has 2 rings (SSSR count). The third-order valence-corrected chi connectivity index (χ3v) is 3.21. The summed E-state index contributed by atoms with van der Waals surface area (Å²) >= 11 is 6.10. The van der Waals surface area contributed by atoms with Crippen molar-refractivity contribution in [1.82, 2.24) is 0 Å². The van der Waals surface area contributed by atoms with Crippen LogP contribution >= 0.6 is 11.6 Å². The van der Waals surface area contributed by atoms with Crippen molar-refractivity contribution >= 4 is 23.2 Å². The molecule has 5 heteroatoms. The predicted octanol–water partition coefficient (Wildman–Crippen LogP) is 2.92. The van der Waals surface area contributed by atoms with E-state index in [1.54, 1.807) is 24.3 Å². The maximum atomic E-state index is 11.0. The number of anilines is 1. The topological polar surface area (TPSA) is 78.9 Å². The number of rotatable bonds is 4. The Kier molecular flexibility index (Phi) is 4.24. The van der Waals surface area contributed by atoms with Crippen LogP contribution < -0.4 is 11.1 Å². The van der Waals surface area contributed by atoms with E-state index in [1.165, 1.54) is 6.07 Å². The maximum absolute atomic E-state index is 11.0. The smallest absolute Gasteiger partial charge is 0.248 e. The fraction of sp³-hybridized carbons (Fsp3) is 0.0667. The third-order valence-electron chi connectivity index (χ3n) is 2.85. The van der Waals surface area contributed by atoms with Crippen LogP contribution in [0.25, 0.3) is 0 Å². The Morgan fingerprint density at radius 1 is 1.30 bits per heavy atom. The molecule has 20 heavy (non-hydrogen) atoms. The van der Waals surface area contributed by atoms with E-state index in [4.69, 9.17) is 22.6 Å². The summed E-state index contributed by atoms with van der Waals surface area (Å²) in [6.07, 6.45) is 0. The highest BCUT2D eigenvalue weighted by atomic mass is 35.5. The molecule has 2 aromatic rings. The molecule has 0 aromatic heterocycles. The van der Waals surface area contributed by atoms with Crippen LogP contribution in [-0.4, -0.2) is 5.91 Å². The quantitative estimate of drug-likeness (QED) is 0.906. The highest BCUT2D eigenvalue weighted by Gasteiger charge is 2.06.